The van der Waals surface area contributed by atoms with Crippen LogP contribution in [0.4, 0.5) is 9.18 Å². The van der Waals surface area contributed by atoms with Crippen LogP contribution in [0.15, 0.2) is 48.0 Å². The zero-order valence-electron chi connectivity index (χ0n) is 22.4. The molecule has 0 aliphatic carbocycles. The summed E-state index contributed by atoms with van der Waals surface area (Å²) in [5.74, 6) is -0.416. The van der Waals surface area contributed by atoms with Gasteiger partial charge in [-0.15, -0.1) is 0 Å². The van der Waals surface area contributed by atoms with Gasteiger partial charge in [0, 0.05) is 49.0 Å². The number of aliphatic imine (C=N–C) groups is 1. The Morgan fingerprint density at radius 1 is 1.26 bits per heavy atom. The van der Waals surface area contributed by atoms with E-state index in [2.05, 4.69) is 9.97 Å². The number of piperidine rings is 1. The predicted octanol–water partition coefficient (Wildman–Crippen LogP) is 4.56. The van der Waals surface area contributed by atoms with Gasteiger partial charge in [-0.25, -0.2) is 14.2 Å². The maximum Gasteiger partial charge on any atom is 0.410 e. The molecule has 2 N–H and O–H groups in total. The lowest BCUT2D eigenvalue weighted by atomic mass is 10.0. The van der Waals surface area contributed by atoms with Crippen molar-refractivity contribution in [2.45, 2.75) is 65.2 Å². The fraction of sp³-hybridized carbons (Fsp3) is 0.444. The van der Waals surface area contributed by atoms with Crippen LogP contribution < -0.4 is 10.5 Å². The van der Waals surface area contributed by atoms with Gasteiger partial charge in [-0.3, -0.25) is 14.4 Å². The van der Waals surface area contributed by atoms with Gasteiger partial charge in [-0.05, 0) is 59.6 Å². The fourth-order valence-corrected chi connectivity index (χ4v) is 4.20. The predicted molar refractivity (Wildman–Crippen MR) is 142 cm³/mol. The van der Waals surface area contributed by atoms with Gasteiger partial charge in [0.15, 0.2) is 0 Å². The van der Waals surface area contributed by atoms with Crippen LogP contribution in [0.1, 0.15) is 65.0 Å². The molecular weight excluding hydrogens is 489 g/mol. The van der Waals surface area contributed by atoms with Gasteiger partial charge in [-0.1, -0.05) is 0 Å². The van der Waals surface area contributed by atoms with Crippen molar-refractivity contribution in [1.82, 2.24) is 24.3 Å². The number of nitrogens with zero attached hydrogens (tertiary/aromatic N) is 6. The molecule has 1 saturated heterocycles. The molecule has 4 heterocycles. The molecule has 1 fully saturated rings. The number of rotatable bonds is 6. The first-order valence-corrected chi connectivity index (χ1v) is 12.6. The average Bonchev–Trinajstić information content (AvgIpc) is 3.33. The number of amides is 1. The minimum Gasteiger partial charge on any atom is -0.455 e. The molecule has 3 aromatic rings. The number of allylic oxidation sites excluding steroid dienone is 1. The van der Waals surface area contributed by atoms with Crippen molar-refractivity contribution in [2.24, 2.45) is 10.7 Å². The number of hydrogen-bond donors (Lipinski definition) is 1. The van der Waals surface area contributed by atoms with Gasteiger partial charge in [0.25, 0.3) is 0 Å². The molecule has 38 heavy (non-hydrogen) atoms. The Balaban J connectivity index is 1.51. The summed E-state index contributed by atoms with van der Waals surface area (Å²) in [5.41, 5.74) is 8.66. The van der Waals surface area contributed by atoms with Crippen molar-refractivity contribution in [3.05, 3.63) is 60.2 Å². The zero-order valence-corrected chi connectivity index (χ0v) is 22.4. The van der Waals surface area contributed by atoms with Crippen LogP contribution in [0.25, 0.3) is 11.2 Å². The molecular formula is C27H34FN7O3. The Labute approximate surface area is 221 Å². The summed E-state index contributed by atoms with van der Waals surface area (Å²) >= 11 is 0. The first kappa shape index (κ1) is 27.0. The highest BCUT2D eigenvalue weighted by Gasteiger charge is 2.27. The lowest BCUT2D eigenvalue weighted by Gasteiger charge is -2.32. The van der Waals surface area contributed by atoms with Crippen LogP contribution in [-0.4, -0.2) is 60.8 Å². The van der Waals surface area contributed by atoms with E-state index in [0.717, 1.165) is 24.8 Å². The number of pyridine rings is 1. The number of ether oxygens (including phenoxy) is 2. The highest BCUT2D eigenvalue weighted by molar-refractivity contribution is 6.22. The molecule has 0 saturated carbocycles. The summed E-state index contributed by atoms with van der Waals surface area (Å²) in [6, 6.07) is 5.07. The zero-order chi connectivity index (χ0) is 27.4. The third-order valence-corrected chi connectivity index (χ3v) is 6.13. The standard InChI is InChI=1S/C27H34FN7O3/c1-17(32-20-8-11-34(12-9-20)26(36)38-27(3,4)5)21(15-29)23-14-24-30-10-13-35(24)25(33-23)37-18(2)22-7-6-19(28)16-31-22/h6-7,10,13-16,18,20H,8-9,11-12,29H2,1-5H3/b21-15+,32-17?. The molecule has 0 aromatic carbocycles. The van der Waals surface area contributed by atoms with E-state index in [9.17, 15) is 9.18 Å². The average molecular weight is 524 g/mol. The van der Waals surface area contributed by atoms with Gasteiger partial charge in [0.05, 0.1) is 23.6 Å². The van der Waals surface area contributed by atoms with Crippen LogP contribution in [0.2, 0.25) is 0 Å². The van der Waals surface area contributed by atoms with Crippen molar-refractivity contribution in [3.63, 3.8) is 0 Å². The molecule has 0 radical (unpaired) electrons. The van der Waals surface area contributed by atoms with Crippen molar-refractivity contribution in [3.8, 4) is 6.01 Å². The number of nitrogens with two attached hydrogens (primary N) is 1. The number of imidazole rings is 1. The van der Waals surface area contributed by atoms with Crippen LogP contribution >= 0.6 is 0 Å². The minimum absolute atomic E-state index is 0.0408. The summed E-state index contributed by atoms with van der Waals surface area (Å²) < 4.78 is 26.6. The number of fused-ring (bicyclic) bond motifs is 1. The number of halogens is 1. The van der Waals surface area contributed by atoms with Gasteiger partial charge in [0.1, 0.15) is 23.2 Å². The molecule has 1 aliphatic rings. The van der Waals surface area contributed by atoms with Crippen molar-refractivity contribution in [1.29, 1.82) is 0 Å². The molecule has 11 heteroatoms. The lowest BCUT2D eigenvalue weighted by Crippen LogP contribution is -2.42. The molecule has 1 amide bonds. The Morgan fingerprint density at radius 3 is 2.63 bits per heavy atom. The summed E-state index contributed by atoms with van der Waals surface area (Å²) in [5, 5.41) is 0. The first-order valence-electron chi connectivity index (χ1n) is 12.6. The second-order valence-electron chi connectivity index (χ2n) is 10.2. The van der Waals surface area contributed by atoms with E-state index in [1.54, 1.807) is 27.8 Å². The van der Waals surface area contributed by atoms with E-state index in [1.165, 1.54) is 12.3 Å². The van der Waals surface area contributed by atoms with E-state index >= 15 is 0 Å². The van der Waals surface area contributed by atoms with Crippen LogP contribution in [0, 0.1) is 5.82 Å². The number of carbonyl (C=O) groups is 1. The van der Waals surface area contributed by atoms with Crippen molar-refractivity contribution < 1.29 is 18.7 Å². The second kappa shape index (κ2) is 11.2. The Kier molecular flexibility index (Phi) is 7.94. The molecule has 1 aliphatic heterocycles. The maximum absolute atomic E-state index is 13.3. The quantitative estimate of drug-likeness (QED) is 0.470. The fourth-order valence-electron chi connectivity index (χ4n) is 4.20. The summed E-state index contributed by atoms with van der Waals surface area (Å²) in [4.78, 5) is 32.2. The van der Waals surface area contributed by atoms with Gasteiger partial charge < -0.3 is 20.1 Å². The van der Waals surface area contributed by atoms with E-state index < -0.39 is 17.5 Å². The van der Waals surface area contributed by atoms with Crippen LogP contribution in [-0.2, 0) is 4.74 Å². The molecule has 1 unspecified atom stereocenters. The maximum atomic E-state index is 13.3. The van der Waals surface area contributed by atoms with Gasteiger partial charge >= 0.3 is 12.1 Å². The second-order valence-corrected chi connectivity index (χ2v) is 10.2. The minimum atomic E-state index is -0.525. The van der Waals surface area contributed by atoms with Gasteiger partial charge in [0.2, 0.25) is 0 Å². The highest BCUT2D eigenvalue weighted by Crippen LogP contribution is 2.25. The molecule has 1 atom stereocenters. The topological polar surface area (TPSA) is 120 Å². The lowest BCUT2D eigenvalue weighted by molar-refractivity contribution is 0.0207. The number of carbonyl (C=O) groups excluding carboxylic acids is 1. The van der Waals surface area contributed by atoms with E-state index in [0.29, 0.717) is 41.7 Å². The summed E-state index contributed by atoms with van der Waals surface area (Å²) in [6.45, 7) is 10.4. The summed E-state index contributed by atoms with van der Waals surface area (Å²) in [7, 11) is 0. The molecule has 202 valence electrons. The van der Waals surface area contributed by atoms with E-state index in [1.807, 2.05) is 40.7 Å². The molecule has 0 bridgehead atoms. The largest absolute Gasteiger partial charge is 0.455 e. The molecule has 4 rings (SSSR count). The smallest absolute Gasteiger partial charge is 0.410 e. The summed E-state index contributed by atoms with van der Waals surface area (Å²) in [6.07, 6.45) is 6.68. The van der Waals surface area contributed by atoms with E-state index in [4.69, 9.17) is 25.2 Å². The molecule has 10 nitrogen and oxygen atoms in total. The first-order chi connectivity index (χ1) is 18.0. The van der Waals surface area contributed by atoms with Gasteiger partial charge in [-0.2, -0.15) is 4.98 Å². The Hall–Kier alpha value is -4.02. The third kappa shape index (κ3) is 6.45. The Bertz CT molecular complexity index is 1340. The monoisotopic (exact) mass is 523 g/mol. The van der Waals surface area contributed by atoms with Crippen LogP contribution in [0.5, 0.6) is 6.01 Å². The molecule has 3 aromatic heterocycles. The number of aromatic nitrogens is 4. The van der Waals surface area contributed by atoms with Crippen molar-refractivity contribution in [2.75, 3.05) is 13.1 Å². The number of likely N-dealkylation sites (tertiary alicyclic amines) is 1. The Morgan fingerprint density at radius 2 is 2.00 bits per heavy atom. The number of hydrogen-bond acceptors (Lipinski definition) is 8. The van der Waals surface area contributed by atoms with Crippen LogP contribution in [0.3, 0.4) is 0 Å². The third-order valence-electron chi connectivity index (χ3n) is 6.13. The SMILES string of the molecule is CC(=NC1CCN(C(=O)OC(C)(C)C)CC1)/C(=C\N)c1cc2nccn2c(OC(C)c2ccc(F)cn2)n1. The van der Waals surface area contributed by atoms with Crippen molar-refractivity contribution >= 4 is 23.0 Å². The van der Waals surface area contributed by atoms with E-state index in [-0.39, 0.29) is 12.1 Å². The highest BCUT2D eigenvalue weighted by atomic mass is 19.1. The molecule has 0 spiro atoms. The normalized spacial score (nSPS) is 16.5.